The molecule has 38 heavy (non-hydrogen) atoms. The number of nitrogens with zero attached hydrogens (tertiary/aromatic N) is 2. The number of hydrogen-bond donors (Lipinski definition) is 1. The zero-order valence-corrected chi connectivity index (χ0v) is 25.6. The summed E-state index contributed by atoms with van der Waals surface area (Å²) in [5.74, 6) is -0.497. The minimum Gasteiger partial charge on any atom is -0.350 e. The maximum absolute atomic E-state index is 13.6. The molecule has 1 N–H and O–H groups in total. The third kappa shape index (κ3) is 9.17. The molecule has 2 rings (SSSR count). The van der Waals surface area contributed by atoms with Crippen LogP contribution in [0.1, 0.15) is 63.6 Å². The van der Waals surface area contributed by atoms with Gasteiger partial charge in [-0.15, -0.1) is 0 Å². The van der Waals surface area contributed by atoms with E-state index in [0.717, 1.165) is 22.9 Å². The highest BCUT2D eigenvalue weighted by atomic mass is 35.5. The van der Waals surface area contributed by atoms with Crippen LogP contribution in [0.4, 0.5) is 5.69 Å². The minimum absolute atomic E-state index is 0.0670. The molecular weight excluding hydrogens is 545 g/mol. The molecule has 0 radical (unpaired) electrons. The molecular formula is C28H39Cl2N3O4S. The number of sulfonamides is 1. The van der Waals surface area contributed by atoms with Crippen molar-refractivity contribution in [2.24, 2.45) is 0 Å². The number of anilines is 1. The molecule has 0 aromatic heterocycles. The van der Waals surface area contributed by atoms with E-state index in [1.54, 1.807) is 23.1 Å². The monoisotopic (exact) mass is 583 g/mol. The number of carbonyl (C=O) groups excluding carboxylic acids is 2. The van der Waals surface area contributed by atoms with E-state index in [0.29, 0.717) is 22.2 Å². The van der Waals surface area contributed by atoms with Gasteiger partial charge in [0.25, 0.3) is 0 Å². The lowest BCUT2D eigenvalue weighted by molar-refractivity contribution is -0.142. The molecule has 0 bridgehead atoms. The van der Waals surface area contributed by atoms with E-state index in [4.69, 9.17) is 23.2 Å². The fraction of sp³-hybridized carbons (Fsp3) is 0.500. The predicted octanol–water partition coefficient (Wildman–Crippen LogP) is 5.88. The van der Waals surface area contributed by atoms with Crippen LogP contribution in [-0.4, -0.2) is 49.5 Å². The number of carbonyl (C=O) groups is 2. The number of nitrogens with one attached hydrogen (secondary N) is 1. The Morgan fingerprint density at radius 3 is 2.24 bits per heavy atom. The highest BCUT2D eigenvalue weighted by Gasteiger charge is 2.31. The number of rotatable bonds is 11. The average molecular weight is 585 g/mol. The van der Waals surface area contributed by atoms with Gasteiger partial charge < -0.3 is 10.2 Å². The molecule has 0 heterocycles. The smallest absolute Gasteiger partial charge is 0.243 e. The summed E-state index contributed by atoms with van der Waals surface area (Å²) < 4.78 is 26.6. The van der Waals surface area contributed by atoms with Gasteiger partial charge in [-0.25, -0.2) is 8.42 Å². The van der Waals surface area contributed by atoms with Crippen molar-refractivity contribution in [2.75, 3.05) is 17.1 Å². The molecule has 0 unspecified atom stereocenters. The van der Waals surface area contributed by atoms with E-state index in [1.807, 2.05) is 59.7 Å². The maximum Gasteiger partial charge on any atom is 0.243 e. The van der Waals surface area contributed by atoms with Crippen molar-refractivity contribution in [3.8, 4) is 0 Å². The van der Waals surface area contributed by atoms with Gasteiger partial charge in [-0.2, -0.15) is 0 Å². The van der Waals surface area contributed by atoms with Gasteiger partial charge in [-0.05, 0) is 82.3 Å². The summed E-state index contributed by atoms with van der Waals surface area (Å²) >= 11 is 12.3. The Hall–Kier alpha value is -2.29. The summed E-state index contributed by atoms with van der Waals surface area (Å²) in [6.07, 6.45) is 1.93. The van der Waals surface area contributed by atoms with E-state index in [-0.39, 0.29) is 37.7 Å². The first-order valence-corrected chi connectivity index (χ1v) is 15.2. The van der Waals surface area contributed by atoms with Crippen LogP contribution in [0, 0.1) is 13.8 Å². The first-order valence-electron chi connectivity index (χ1n) is 12.6. The van der Waals surface area contributed by atoms with Crippen LogP contribution in [0.25, 0.3) is 0 Å². The van der Waals surface area contributed by atoms with E-state index in [1.165, 1.54) is 4.31 Å². The fourth-order valence-electron chi connectivity index (χ4n) is 4.18. The molecule has 0 aliphatic rings. The Kier molecular flexibility index (Phi) is 11.1. The van der Waals surface area contributed by atoms with Crippen molar-refractivity contribution in [1.29, 1.82) is 0 Å². The molecule has 0 spiro atoms. The summed E-state index contributed by atoms with van der Waals surface area (Å²) in [5.41, 5.74) is 2.65. The molecule has 10 heteroatoms. The Balaban J connectivity index is 2.30. The lowest BCUT2D eigenvalue weighted by atomic mass is 10.0. The topological polar surface area (TPSA) is 86.8 Å². The molecule has 210 valence electrons. The zero-order chi connectivity index (χ0) is 28.8. The van der Waals surface area contributed by atoms with Crippen molar-refractivity contribution in [3.63, 3.8) is 0 Å². The Morgan fingerprint density at radius 2 is 1.68 bits per heavy atom. The number of hydrogen-bond acceptors (Lipinski definition) is 4. The fourth-order valence-corrected chi connectivity index (χ4v) is 5.51. The van der Waals surface area contributed by atoms with Crippen molar-refractivity contribution >= 4 is 50.7 Å². The predicted molar refractivity (Wildman–Crippen MR) is 156 cm³/mol. The van der Waals surface area contributed by atoms with Gasteiger partial charge in [0.1, 0.15) is 6.04 Å². The van der Waals surface area contributed by atoms with Crippen molar-refractivity contribution < 1.29 is 18.0 Å². The molecule has 2 aromatic carbocycles. The highest BCUT2D eigenvalue weighted by Crippen LogP contribution is 2.26. The third-order valence-corrected chi connectivity index (χ3v) is 7.93. The van der Waals surface area contributed by atoms with Gasteiger partial charge in [0.2, 0.25) is 21.8 Å². The van der Waals surface area contributed by atoms with Gasteiger partial charge in [0.05, 0.1) is 22.0 Å². The summed E-state index contributed by atoms with van der Waals surface area (Å²) in [6, 6.07) is 10.1. The van der Waals surface area contributed by atoms with Crippen LogP contribution in [0.3, 0.4) is 0 Å². The number of aryl methyl sites for hydroxylation is 2. The van der Waals surface area contributed by atoms with Crippen LogP contribution in [0.5, 0.6) is 0 Å². The molecule has 2 amide bonds. The SMILES string of the molecule is CC[C@H](C(=O)NC(C)(C)C)N(Cc1ccc(Cl)c(Cl)c1)C(=O)CCCN(c1cc(C)ccc1C)S(C)(=O)=O. The highest BCUT2D eigenvalue weighted by molar-refractivity contribution is 7.92. The molecule has 0 aliphatic carbocycles. The molecule has 2 aromatic rings. The lowest BCUT2D eigenvalue weighted by Gasteiger charge is -2.33. The van der Waals surface area contributed by atoms with Crippen LogP contribution >= 0.6 is 23.2 Å². The van der Waals surface area contributed by atoms with Crippen LogP contribution in [0.15, 0.2) is 36.4 Å². The van der Waals surface area contributed by atoms with Gasteiger partial charge in [-0.3, -0.25) is 13.9 Å². The average Bonchev–Trinajstić information content (AvgIpc) is 2.78. The molecule has 0 saturated heterocycles. The molecule has 1 atom stereocenters. The van der Waals surface area contributed by atoms with Crippen LogP contribution < -0.4 is 9.62 Å². The number of benzene rings is 2. The number of halogens is 2. The van der Waals surface area contributed by atoms with E-state index in [9.17, 15) is 18.0 Å². The Labute approximate surface area is 237 Å². The van der Waals surface area contributed by atoms with Gasteiger partial charge in [0.15, 0.2) is 0 Å². The van der Waals surface area contributed by atoms with Gasteiger partial charge in [0, 0.05) is 25.0 Å². The van der Waals surface area contributed by atoms with Crippen molar-refractivity contribution in [1.82, 2.24) is 10.2 Å². The second-order valence-electron chi connectivity index (χ2n) is 10.7. The van der Waals surface area contributed by atoms with Crippen LogP contribution in [0.2, 0.25) is 10.0 Å². The molecule has 0 fully saturated rings. The normalized spacial score (nSPS) is 12.7. The molecule has 7 nitrogen and oxygen atoms in total. The summed E-state index contributed by atoms with van der Waals surface area (Å²) in [6.45, 7) is 11.6. The standard InChI is InChI=1S/C28H39Cl2N3O4S/c1-8-24(27(35)31-28(4,5)6)32(18-21-13-14-22(29)23(30)17-21)26(34)10-9-15-33(38(7,36)37)25-16-19(2)11-12-20(25)3/h11-14,16-17,24H,8-10,15,18H2,1-7H3,(H,31,35)/t24-/m1/s1. The molecule has 0 aliphatic heterocycles. The minimum atomic E-state index is -3.57. The molecule has 0 saturated carbocycles. The Bertz CT molecular complexity index is 1260. The van der Waals surface area contributed by atoms with Gasteiger partial charge >= 0.3 is 0 Å². The van der Waals surface area contributed by atoms with Crippen molar-refractivity contribution in [3.05, 3.63) is 63.1 Å². The lowest BCUT2D eigenvalue weighted by Crippen LogP contribution is -2.53. The van der Waals surface area contributed by atoms with E-state index >= 15 is 0 Å². The number of amides is 2. The van der Waals surface area contributed by atoms with Crippen molar-refractivity contribution in [2.45, 2.75) is 78.9 Å². The summed E-state index contributed by atoms with van der Waals surface area (Å²) in [5, 5.41) is 3.73. The second kappa shape index (κ2) is 13.2. The second-order valence-corrected chi connectivity index (χ2v) is 13.4. The van der Waals surface area contributed by atoms with Gasteiger partial charge in [-0.1, -0.05) is 48.3 Å². The quantitative estimate of drug-likeness (QED) is 0.358. The van der Waals surface area contributed by atoms with Crippen LogP contribution in [-0.2, 0) is 26.2 Å². The largest absolute Gasteiger partial charge is 0.350 e. The van der Waals surface area contributed by atoms with E-state index < -0.39 is 21.6 Å². The summed E-state index contributed by atoms with van der Waals surface area (Å²) in [7, 11) is -3.57. The Morgan fingerprint density at radius 1 is 1.03 bits per heavy atom. The summed E-state index contributed by atoms with van der Waals surface area (Å²) in [4.78, 5) is 28.3. The first kappa shape index (κ1) is 31.9. The third-order valence-electron chi connectivity index (χ3n) is 6.01. The zero-order valence-electron chi connectivity index (χ0n) is 23.3. The van der Waals surface area contributed by atoms with E-state index in [2.05, 4.69) is 5.32 Å². The first-order chi connectivity index (χ1) is 17.5. The maximum atomic E-state index is 13.6.